The van der Waals surface area contributed by atoms with Crippen molar-refractivity contribution in [3.8, 4) is 0 Å². The van der Waals surface area contributed by atoms with Crippen molar-refractivity contribution in [2.24, 2.45) is 5.92 Å². The summed E-state index contributed by atoms with van der Waals surface area (Å²) in [4.78, 5) is 25.1. The molecule has 4 nitrogen and oxygen atoms in total. The molecular formula is C27H29NO3. The fraction of sp³-hybridized carbons (Fsp3) is 0.259. The molecular weight excluding hydrogens is 386 g/mol. The number of amides is 1. The molecule has 31 heavy (non-hydrogen) atoms. The Balaban J connectivity index is 2.12. The molecule has 3 aromatic carbocycles. The highest BCUT2D eigenvalue weighted by molar-refractivity contribution is 5.85. The minimum absolute atomic E-state index is 0.102. The van der Waals surface area contributed by atoms with Crippen molar-refractivity contribution in [3.05, 3.63) is 108 Å². The Hall–Kier alpha value is -3.40. The summed E-state index contributed by atoms with van der Waals surface area (Å²) in [5.74, 6) is -1.46. The number of carboxylic acids is 1. The number of carbonyl (C=O) groups is 2. The Morgan fingerprint density at radius 2 is 1.19 bits per heavy atom. The predicted molar refractivity (Wildman–Crippen MR) is 123 cm³/mol. The van der Waals surface area contributed by atoms with Crippen LogP contribution in [-0.2, 0) is 15.0 Å². The van der Waals surface area contributed by atoms with Gasteiger partial charge in [-0.15, -0.1) is 0 Å². The molecule has 2 N–H and O–H groups in total. The van der Waals surface area contributed by atoms with E-state index in [1.165, 1.54) is 0 Å². The number of aliphatic carboxylic acids is 1. The number of nitrogens with one attached hydrogen (secondary N) is 1. The molecule has 0 fully saturated rings. The van der Waals surface area contributed by atoms with E-state index in [2.05, 4.69) is 5.32 Å². The van der Waals surface area contributed by atoms with Crippen LogP contribution in [0.5, 0.6) is 0 Å². The molecule has 0 spiro atoms. The molecule has 0 radical (unpaired) electrons. The van der Waals surface area contributed by atoms with Crippen molar-refractivity contribution in [1.82, 2.24) is 5.32 Å². The van der Waals surface area contributed by atoms with Crippen molar-refractivity contribution in [1.29, 1.82) is 0 Å². The highest BCUT2D eigenvalue weighted by Crippen LogP contribution is 2.42. The lowest BCUT2D eigenvalue weighted by Crippen LogP contribution is -2.47. The first-order chi connectivity index (χ1) is 15.0. The zero-order chi connectivity index (χ0) is 22.3. The Bertz CT molecular complexity index is 890. The SMILES string of the molecule is CC[C@@H](C)[C@H](NC(=O)CC(c1ccccc1)(c1ccccc1)c1ccccc1)C(=O)O. The summed E-state index contributed by atoms with van der Waals surface area (Å²) in [6.45, 7) is 3.77. The second-order valence-corrected chi connectivity index (χ2v) is 7.95. The quantitative estimate of drug-likeness (QED) is 0.482. The van der Waals surface area contributed by atoms with Crippen molar-refractivity contribution >= 4 is 11.9 Å². The molecule has 0 heterocycles. The van der Waals surface area contributed by atoms with Crippen molar-refractivity contribution < 1.29 is 14.7 Å². The smallest absolute Gasteiger partial charge is 0.326 e. The lowest BCUT2D eigenvalue weighted by Gasteiger charge is -2.36. The first-order valence-electron chi connectivity index (χ1n) is 10.7. The molecule has 0 aromatic heterocycles. The number of hydrogen-bond donors (Lipinski definition) is 2. The lowest BCUT2D eigenvalue weighted by atomic mass is 9.67. The average molecular weight is 416 g/mol. The molecule has 3 aromatic rings. The van der Waals surface area contributed by atoms with Crippen LogP contribution in [0.1, 0.15) is 43.4 Å². The van der Waals surface area contributed by atoms with Crippen molar-refractivity contribution in [2.45, 2.75) is 38.1 Å². The molecule has 1 amide bonds. The third-order valence-electron chi connectivity index (χ3n) is 6.02. The minimum Gasteiger partial charge on any atom is -0.480 e. The minimum atomic E-state index is -1.01. The molecule has 0 aliphatic rings. The van der Waals surface area contributed by atoms with Crippen LogP contribution >= 0.6 is 0 Å². The normalized spacial score (nSPS) is 13.2. The largest absolute Gasteiger partial charge is 0.480 e. The molecule has 0 saturated carbocycles. The van der Waals surface area contributed by atoms with Gasteiger partial charge in [0.25, 0.3) is 0 Å². The number of rotatable bonds is 9. The molecule has 0 aliphatic carbocycles. The van der Waals surface area contributed by atoms with E-state index in [1.54, 1.807) is 0 Å². The van der Waals surface area contributed by atoms with Crippen LogP contribution in [0.15, 0.2) is 91.0 Å². The van der Waals surface area contributed by atoms with Crippen LogP contribution < -0.4 is 5.32 Å². The summed E-state index contributed by atoms with van der Waals surface area (Å²) in [6.07, 6.45) is 0.768. The molecule has 0 unspecified atom stereocenters. The molecule has 3 rings (SSSR count). The van der Waals surface area contributed by atoms with Gasteiger partial charge in [0.1, 0.15) is 6.04 Å². The van der Waals surface area contributed by atoms with Crippen LogP contribution in [0, 0.1) is 5.92 Å². The van der Waals surface area contributed by atoms with Gasteiger partial charge in [-0.2, -0.15) is 0 Å². The Kier molecular flexibility index (Phi) is 7.24. The maximum Gasteiger partial charge on any atom is 0.326 e. The zero-order valence-electron chi connectivity index (χ0n) is 18.0. The molecule has 160 valence electrons. The Morgan fingerprint density at radius 3 is 1.52 bits per heavy atom. The van der Waals surface area contributed by atoms with Gasteiger partial charge in [-0.3, -0.25) is 4.79 Å². The van der Waals surface area contributed by atoms with Crippen LogP contribution in [0.3, 0.4) is 0 Å². The second kappa shape index (κ2) is 10.1. The van der Waals surface area contributed by atoms with E-state index < -0.39 is 17.4 Å². The highest BCUT2D eigenvalue weighted by atomic mass is 16.4. The number of hydrogen-bond acceptors (Lipinski definition) is 2. The van der Waals surface area contributed by atoms with Gasteiger partial charge in [0.2, 0.25) is 5.91 Å². The van der Waals surface area contributed by atoms with E-state index in [-0.39, 0.29) is 18.2 Å². The molecule has 0 saturated heterocycles. The number of carbonyl (C=O) groups excluding carboxylic acids is 1. The van der Waals surface area contributed by atoms with Gasteiger partial charge < -0.3 is 10.4 Å². The van der Waals surface area contributed by atoms with Crippen molar-refractivity contribution in [2.75, 3.05) is 0 Å². The van der Waals surface area contributed by atoms with Gasteiger partial charge in [-0.05, 0) is 22.6 Å². The monoisotopic (exact) mass is 415 g/mol. The van der Waals surface area contributed by atoms with Gasteiger partial charge in [-0.1, -0.05) is 111 Å². The summed E-state index contributed by atoms with van der Waals surface area (Å²) in [5, 5.41) is 12.5. The molecule has 4 heteroatoms. The third-order valence-corrected chi connectivity index (χ3v) is 6.02. The van der Waals surface area contributed by atoms with Crippen molar-refractivity contribution in [3.63, 3.8) is 0 Å². The van der Waals surface area contributed by atoms with E-state index in [9.17, 15) is 14.7 Å². The van der Waals surface area contributed by atoms with Gasteiger partial charge in [0, 0.05) is 6.42 Å². The summed E-state index contributed by atoms with van der Waals surface area (Å²) in [5.41, 5.74) is 2.21. The highest BCUT2D eigenvalue weighted by Gasteiger charge is 2.39. The maximum atomic E-state index is 13.3. The maximum absolute atomic E-state index is 13.3. The molecule has 0 aliphatic heterocycles. The van der Waals surface area contributed by atoms with Crippen LogP contribution in [0.2, 0.25) is 0 Å². The van der Waals surface area contributed by atoms with Gasteiger partial charge in [0.05, 0.1) is 5.41 Å². The lowest BCUT2D eigenvalue weighted by molar-refractivity contribution is -0.143. The third kappa shape index (κ3) is 4.85. The zero-order valence-corrected chi connectivity index (χ0v) is 18.0. The standard InChI is InChI=1S/C27H29NO3/c1-3-20(2)25(26(30)31)28-24(29)19-27(21-13-7-4-8-14-21,22-15-9-5-10-16-22)23-17-11-6-12-18-23/h4-18,20,25H,3,19H2,1-2H3,(H,28,29)(H,30,31)/t20-,25+/m1/s1. The van der Waals surface area contributed by atoms with Gasteiger partial charge in [0.15, 0.2) is 0 Å². The Labute approximate surface area is 183 Å². The summed E-state index contributed by atoms with van der Waals surface area (Å²) < 4.78 is 0. The first kappa shape index (κ1) is 22.3. The van der Waals surface area contributed by atoms with Crippen LogP contribution in [0.4, 0.5) is 0 Å². The summed E-state index contributed by atoms with van der Waals surface area (Å²) >= 11 is 0. The van der Waals surface area contributed by atoms with E-state index in [1.807, 2.05) is 105 Å². The fourth-order valence-corrected chi connectivity index (χ4v) is 4.12. The summed E-state index contributed by atoms with van der Waals surface area (Å²) in [6, 6.07) is 28.9. The van der Waals surface area contributed by atoms with E-state index in [0.29, 0.717) is 6.42 Å². The van der Waals surface area contributed by atoms with Crippen LogP contribution in [0.25, 0.3) is 0 Å². The summed E-state index contributed by atoms with van der Waals surface area (Å²) in [7, 11) is 0. The predicted octanol–water partition coefficient (Wildman–Crippen LogP) is 5.03. The van der Waals surface area contributed by atoms with E-state index in [4.69, 9.17) is 0 Å². The second-order valence-electron chi connectivity index (χ2n) is 7.95. The number of benzene rings is 3. The van der Waals surface area contributed by atoms with Gasteiger partial charge in [-0.25, -0.2) is 4.79 Å². The topological polar surface area (TPSA) is 66.4 Å². The van der Waals surface area contributed by atoms with Crippen LogP contribution in [-0.4, -0.2) is 23.0 Å². The number of carboxylic acid groups (broad SMARTS) is 1. The average Bonchev–Trinajstić information content (AvgIpc) is 2.82. The first-order valence-corrected chi connectivity index (χ1v) is 10.7. The molecule has 2 atom stereocenters. The Morgan fingerprint density at radius 1 is 0.806 bits per heavy atom. The van der Waals surface area contributed by atoms with Gasteiger partial charge >= 0.3 is 5.97 Å². The fourth-order valence-electron chi connectivity index (χ4n) is 4.12. The van der Waals surface area contributed by atoms with E-state index in [0.717, 1.165) is 16.7 Å². The molecule has 0 bridgehead atoms. The van der Waals surface area contributed by atoms with E-state index >= 15 is 0 Å².